The number of hydrogen-bond acceptors (Lipinski definition) is 5. The van der Waals surface area contributed by atoms with E-state index in [4.69, 9.17) is 4.84 Å². The number of allylic oxidation sites excluding steroid dienone is 1. The Labute approximate surface area is 159 Å². The van der Waals surface area contributed by atoms with Gasteiger partial charge in [-0.1, -0.05) is 29.4 Å². The van der Waals surface area contributed by atoms with Crippen LogP contribution in [0.15, 0.2) is 41.3 Å². The van der Waals surface area contributed by atoms with Crippen molar-refractivity contribution < 1.29 is 19.2 Å². The number of Topliss-reactive ketones (excluding diaryl/α,β-unsaturated/α-hetero) is 1. The molecule has 27 heavy (non-hydrogen) atoms. The summed E-state index contributed by atoms with van der Waals surface area (Å²) in [5, 5.41) is 6.21. The van der Waals surface area contributed by atoms with Gasteiger partial charge in [0, 0.05) is 25.4 Å². The summed E-state index contributed by atoms with van der Waals surface area (Å²) < 4.78 is 0. The summed E-state index contributed by atoms with van der Waals surface area (Å²) >= 11 is 0. The molecule has 7 heteroatoms. The van der Waals surface area contributed by atoms with Gasteiger partial charge in [0.25, 0.3) is 0 Å². The number of benzene rings is 1. The molecule has 2 rings (SSSR count). The van der Waals surface area contributed by atoms with Gasteiger partial charge in [0.1, 0.15) is 11.8 Å². The lowest BCUT2D eigenvalue weighted by Crippen LogP contribution is -2.45. The Morgan fingerprint density at radius 1 is 1.33 bits per heavy atom. The number of oxime groups is 1. The first-order chi connectivity index (χ1) is 13.0. The van der Waals surface area contributed by atoms with E-state index in [9.17, 15) is 14.4 Å². The summed E-state index contributed by atoms with van der Waals surface area (Å²) in [6, 6.07) is 6.62. The monoisotopic (exact) mass is 371 g/mol. The van der Waals surface area contributed by atoms with Crippen LogP contribution in [0.2, 0.25) is 0 Å². The minimum atomic E-state index is -0.483. The Morgan fingerprint density at radius 2 is 2.04 bits per heavy atom. The number of carbonyl (C=O) groups excluding carboxylic acids is 3. The first-order valence-electron chi connectivity index (χ1n) is 8.91. The second kappa shape index (κ2) is 9.66. The molecule has 0 aromatic heterocycles. The lowest BCUT2D eigenvalue weighted by Gasteiger charge is -2.24. The van der Waals surface area contributed by atoms with Crippen LogP contribution in [0.1, 0.15) is 49.0 Å². The lowest BCUT2D eigenvalue weighted by atomic mass is 10.1. The van der Waals surface area contributed by atoms with E-state index in [1.54, 1.807) is 30.0 Å². The average molecular weight is 371 g/mol. The zero-order chi connectivity index (χ0) is 19.8. The van der Waals surface area contributed by atoms with Crippen molar-refractivity contribution >= 4 is 24.3 Å². The van der Waals surface area contributed by atoms with Gasteiger partial charge in [0.05, 0.1) is 6.42 Å². The maximum atomic E-state index is 12.6. The molecule has 1 aromatic rings. The molecule has 1 atom stereocenters. The number of nitrogens with zero attached hydrogens (tertiary/aromatic N) is 2. The Kier molecular flexibility index (Phi) is 7.28. The third-order valence-electron chi connectivity index (χ3n) is 4.53. The molecular formula is C20H25N3O4. The smallest absolute Gasteiger partial charge is 0.243 e. The van der Waals surface area contributed by atoms with Crippen molar-refractivity contribution in [3.63, 3.8) is 0 Å². The molecule has 0 radical (unpaired) electrons. The Bertz CT molecular complexity index is 740. The summed E-state index contributed by atoms with van der Waals surface area (Å²) in [6.07, 6.45) is 3.11. The van der Waals surface area contributed by atoms with Gasteiger partial charge in [-0.3, -0.25) is 14.4 Å². The maximum absolute atomic E-state index is 12.6. The molecule has 1 aromatic carbocycles. The highest BCUT2D eigenvalue weighted by Crippen LogP contribution is 2.20. The fourth-order valence-corrected chi connectivity index (χ4v) is 3.02. The lowest BCUT2D eigenvalue weighted by molar-refractivity contribution is -0.138. The fourth-order valence-electron chi connectivity index (χ4n) is 3.02. The fraction of sp³-hybridized carbons (Fsp3) is 0.400. The van der Waals surface area contributed by atoms with Gasteiger partial charge in [-0.15, -0.1) is 0 Å². The molecule has 0 bridgehead atoms. The second-order valence-electron chi connectivity index (χ2n) is 6.37. The third kappa shape index (κ3) is 5.51. The molecule has 1 aliphatic rings. The minimum absolute atomic E-state index is 0.00169. The zero-order valence-corrected chi connectivity index (χ0v) is 15.7. The molecule has 1 heterocycles. The van der Waals surface area contributed by atoms with Crippen molar-refractivity contribution in [1.29, 1.82) is 0 Å². The van der Waals surface area contributed by atoms with Crippen LogP contribution in [0.3, 0.4) is 0 Å². The summed E-state index contributed by atoms with van der Waals surface area (Å²) in [5.41, 5.74) is 1.53. The average Bonchev–Trinajstić information content (AvgIpc) is 3.16. The van der Waals surface area contributed by atoms with Crippen LogP contribution < -0.4 is 5.32 Å². The molecule has 1 N–H and O–H groups in total. The van der Waals surface area contributed by atoms with Crippen LogP contribution in [0.4, 0.5) is 0 Å². The quantitative estimate of drug-likeness (QED) is 0.329. The molecule has 1 saturated heterocycles. The van der Waals surface area contributed by atoms with Crippen LogP contribution in [0.5, 0.6) is 0 Å². The number of nitrogens with one attached hydrogen (secondary N) is 1. The van der Waals surface area contributed by atoms with E-state index in [0.29, 0.717) is 30.8 Å². The molecule has 1 fully saturated rings. The Balaban J connectivity index is 1.93. The normalized spacial score (nSPS) is 16.7. The van der Waals surface area contributed by atoms with Gasteiger partial charge >= 0.3 is 0 Å². The summed E-state index contributed by atoms with van der Waals surface area (Å²) in [4.78, 5) is 42.9. The highest BCUT2D eigenvalue weighted by atomic mass is 16.6. The van der Waals surface area contributed by atoms with Gasteiger partial charge < -0.3 is 15.1 Å². The number of carbonyl (C=O) groups is 3. The predicted molar refractivity (Wildman–Crippen MR) is 102 cm³/mol. The molecule has 0 aliphatic carbocycles. The first kappa shape index (κ1) is 20.4. The van der Waals surface area contributed by atoms with Crippen molar-refractivity contribution in [1.82, 2.24) is 10.2 Å². The SMILES string of the molecule is C=NO/C(=C\C)CC(=O)N1CCCC1C(=O)NCc1ccc(C(C)=O)cc1. The number of ketones is 1. The summed E-state index contributed by atoms with van der Waals surface area (Å²) in [7, 11) is 0. The van der Waals surface area contributed by atoms with Crippen LogP contribution in [-0.2, 0) is 21.0 Å². The molecule has 1 aliphatic heterocycles. The third-order valence-corrected chi connectivity index (χ3v) is 4.53. The van der Waals surface area contributed by atoms with Crippen molar-refractivity contribution in [3.8, 4) is 0 Å². The number of likely N-dealkylation sites (tertiary alicyclic amines) is 1. The molecular weight excluding hydrogens is 346 g/mol. The van der Waals surface area contributed by atoms with E-state index in [-0.39, 0.29) is 24.0 Å². The van der Waals surface area contributed by atoms with E-state index < -0.39 is 6.04 Å². The minimum Gasteiger partial charge on any atom is -0.362 e. The molecule has 144 valence electrons. The topological polar surface area (TPSA) is 88.1 Å². The number of hydrogen-bond donors (Lipinski definition) is 1. The van der Waals surface area contributed by atoms with Gasteiger partial charge in [0.15, 0.2) is 5.78 Å². The van der Waals surface area contributed by atoms with Crippen molar-refractivity contribution in [2.24, 2.45) is 5.16 Å². The molecule has 1 unspecified atom stereocenters. The van der Waals surface area contributed by atoms with E-state index in [1.807, 2.05) is 12.1 Å². The summed E-state index contributed by atoms with van der Waals surface area (Å²) in [6.45, 7) is 7.40. The van der Waals surface area contributed by atoms with Crippen molar-refractivity contribution in [2.45, 2.75) is 45.7 Å². The van der Waals surface area contributed by atoms with E-state index >= 15 is 0 Å². The first-order valence-corrected chi connectivity index (χ1v) is 8.91. The van der Waals surface area contributed by atoms with Gasteiger partial charge in [0.2, 0.25) is 11.8 Å². The van der Waals surface area contributed by atoms with E-state index in [1.165, 1.54) is 6.92 Å². The highest BCUT2D eigenvalue weighted by molar-refractivity contribution is 5.94. The van der Waals surface area contributed by atoms with Crippen LogP contribution >= 0.6 is 0 Å². The van der Waals surface area contributed by atoms with Crippen LogP contribution in [0.25, 0.3) is 0 Å². The Morgan fingerprint density at radius 3 is 2.63 bits per heavy atom. The van der Waals surface area contributed by atoms with Crippen LogP contribution in [-0.4, -0.2) is 41.8 Å². The second-order valence-corrected chi connectivity index (χ2v) is 6.37. The van der Waals surface area contributed by atoms with Crippen molar-refractivity contribution in [3.05, 3.63) is 47.2 Å². The van der Waals surface area contributed by atoms with E-state index in [0.717, 1.165) is 12.0 Å². The molecule has 7 nitrogen and oxygen atoms in total. The number of amides is 2. The van der Waals surface area contributed by atoms with Gasteiger partial charge in [-0.05, 0) is 38.3 Å². The maximum Gasteiger partial charge on any atom is 0.243 e. The Hall–Kier alpha value is -2.96. The van der Waals surface area contributed by atoms with Crippen LogP contribution in [0, 0.1) is 0 Å². The zero-order valence-electron chi connectivity index (χ0n) is 15.7. The summed E-state index contributed by atoms with van der Waals surface area (Å²) in [5.74, 6) is 0.0601. The largest absolute Gasteiger partial charge is 0.362 e. The number of rotatable bonds is 8. The van der Waals surface area contributed by atoms with Gasteiger partial charge in [-0.25, -0.2) is 0 Å². The standard InChI is InChI=1S/C20H25N3O4/c1-4-17(27-21-3)12-19(25)23-11-5-6-18(23)20(26)22-13-15-7-9-16(10-8-15)14(2)24/h4,7-10,18H,3,5-6,11-13H2,1-2H3,(H,22,26)/b17-4-. The van der Waals surface area contributed by atoms with Gasteiger partial charge in [-0.2, -0.15) is 0 Å². The molecule has 0 saturated carbocycles. The van der Waals surface area contributed by atoms with Crippen molar-refractivity contribution in [2.75, 3.05) is 6.54 Å². The predicted octanol–water partition coefficient (Wildman–Crippen LogP) is 2.42. The highest BCUT2D eigenvalue weighted by Gasteiger charge is 2.34. The molecule has 0 spiro atoms. The van der Waals surface area contributed by atoms with E-state index in [2.05, 4.69) is 17.2 Å². The molecule has 2 amide bonds.